The van der Waals surface area contributed by atoms with Gasteiger partial charge < -0.3 is 131 Å². The van der Waals surface area contributed by atoms with E-state index in [-0.39, 0.29) is 63.1 Å². The fourth-order valence-electron chi connectivity index (χ4n) is 9.35. The molecule has 23 N–H and O–H groups in total. The van der Waals surface area contributed by atoms with Crippen LogP contribution < -0.4 is 33.9 Å². The minimum absolute atomic E-state index is 0. The summed E-state index contributed by atoms with van der Waals surface area (Å²) in [5.74, 6) is -1.35. The van der Waals surface area contributed by atoms with E-state index in [1.165, 1.54) is 30.3 Å². The van der Waals surface area contributed by atoms with Crippen LogP contribution in [0.5, 0.6) is 0 Å². The van der Waals surface area contributed by atoms with Gasteiger partial charge in [-0.1, -0.05) is 62.6 Å². The third-order valence-corrected chi connectivity index (χ3v) is 23.1. The molecule has 8 heterocycles. The average molecular weight is 1690 g/mol. The van der Waals surface area contributed by atoms with E-state index in [2.05, 4.69) is 83.8 Å². The predicted octanol–water partition coefficient (Wildman–Crippen LogP) is -2.58. The van der Waals surface area contributed by atoms with Gasteiger partial charge >= 0.3 is 42.7 Å². The van der Waals surface area contributed by atoms with Gasteiger partial charge in [0.2, 0.25) is 5.91 Å². The van der Waals surface area contributed by atoms with Crippen molar-refractivity contribution >= 4 is 97.3 Å². The van der Waals surface area contributed by atoms with Crippen LogP contribution in [0.3, 0.4) is 0 Å². The van der Waals surface area contributed by atoms with Crippen molar-refractivity contribution in [3.8, 4) is 0 Å². The first-order chi connectivity index (χ1) is 45.8. The van der Waals surface area contributed by atoms with Gasteiger partial charge in [0.15, 0.2) is 27.0 Å². The number of hydrogen-bond acceptors (Lipinski definition) is 32. The van der Waals surface area contributed by atoms with Gasteiger partial charge in [0, 0.05) is 42.2 Å². The van der Waals surface area contributed by atoms with Crippen LogP contribution in [0, 0.1) is 12.8 Å². The smallest absolute Gasteiger partial charge is 0.412 e. The van der Waals surface area contributed by atoms with Gasteiger partial charge in [-0.15, -0.1) is 0 Å². The zero-order chi connectivity index (χ0) is 76.0. The number of rotatable bonds is 20. The molecule has 1 unspecified atom stereocenters. The number of amidine groups is 2. The number of nitrogen functional groups attached to an aromatic ring is 2. The number of carbonyl (C=O) groups is 2. The SMILES string of the molecule is C.C.C.C=C1N=C(NC(C)=O)C(CC)=CN1[C@@H]1O[C@H](COP(=O)(O)O)[C@@H](O)[C@H]1O.CC(C)(C)[Si](C)(C)OCc1cn([C@@H]2O[C@H](COP(=O)(O)O)[C@@H](O)[C@H]2O)c(=O)nc1N.Cc1cn([C@@H]2O[C@H](COP(=O)(O)O)[C@@H](O)[C@H]2O)c(=O)nc1N.NC1=NC(=O)C([C@@H]2O[C@H](COP(=O)(O)O)[C@@H](O)[C@H]2O)C=C1I. The molecule has 4 fully saturated rings. The summed E-state index contributed by atoms with van der Waals surface area (Å²) in [6.45, 7) is 16.4. The molecule has 0 aromatic carbocycles. The Balaban J connectivity index is 0.000000466. The summed E-state index contributed by atoms with van der Waals surface area (Å²) in [5.41, 5.74) is 16.8. The number of amides is 2. The maximum atomic E-state index is 12.3. The van der Waals surface area contributed by atoms with Crippen LogP contribution in [-0.2, 0) is 75.9 Å². The second kappa shape index (κ2) is 38.1. The quantitative estimate of drug-likeness (QED) is 0.0368. The highest BCUT2D eigenvalue weighted by atomic mass is 127. The van der Waals surface area contributed by atoms with Crippen LogP contribution >= 0.6 is 53.9 Å². The Morgan fingerprint density at radius 1 is 0.641 bits per heavy atom. The molecule has 2 amide bonds. The lowest BCUT2D eigenvalue weighted by atomic mass is 9.94. The zero-order valence-electron chi connectivity index (χ0n) is 54.2. The number of halogens is 1. The maximum absolute atomic E-state index is 12.3. The number of carbonyl (C=O) groups excluding carboxylic acids is 2. The molecule has 2 aromatic rings. The van der Waals surface area contributed by atoms with Crippen LogP contribution in [0.4, 0.5) is 11.6 Å². The normalized spacial score (nSPS) is 28.8. The van der Waals surface area contributed by atoms with E-state index < -0.39 is 187 Å². The molecule has 4 saturated heterocycles. The minimum Gasteiger partial charge on any atom is -0.412 e. The topological polar surface area (TPSA) is 697 Å². The Labute approximate surface area is 604 Å². The summed E-state index contributed by atoms with van der Waals surface area (Å²) < 4.78 is 90.2. The number of phosphoric ester groups is 4. The van der Waals surface area contributed by atoms with Crippen LogP contribution in [0.15, 0.2) is 65.8 Å². The molecule has 103 heavy (non-hydrogen) atoms. The number of aliphatic hydroxyl groups excluding tert-OH is 8. The number of phosphoric acid groups is 4. The third-order valence-electron chi connectivity index (χ3n) is 15.7. The standard InChI is InChI=1S/C16H30N3O9PSi.C14H22N3O8P.C10H14IN2O8P.C10H16N3O8P.3CH4/c1-16(2,3)30(4,5)27-7-9-6-19(15(22)18-13(9)17)14-12(21)11(20)10(28-14)8-26-29(23,24)25;1-4-9-5-17(7(2)15-13(9)16-8(3)18)14-12(20)11(19)10(25-14)6-24-26(21,22)23;11-4-1-3(10(16)13-9(4)12)8-7(15)6(14)5(21-8)2-20-22(17,18)19;1-4-2-13(10(16)12-8(4)11)9-7(15)6(14)5(21-9)3-20-22(17,18)19;;;/h6,10-12,14,20-21H,7-8H2,1-5H3,(H2,17,18,22)(H2,23,24,25);5,10-12,14,19-20H,2,4,6H2,1,3H3,(H,15,16,18)(H2,21,22,23);1,3,5-8,14-15H,2H2,(H2,12,13,16)(H2,17,18,19);2,5-7,9,14-15H,3H2,1H3,(H2,11,12,16)(H2,17,18,19);3*1H4/t2*10-,11-,12-,14-;3?,5-,6-,7-,8+;5-,6-,7-,9-;;;/m1111.../s1. The average Bonchev–Trinajstić information content (AvgIpc) is 1.69. The highest BCUT2D eigenvalue weighted by molar-refractivity contribution is 14.1. The molecule has 0 saturated carbocycles. The van der Waals surface area contributed by atoms with E-state index in [1.807, 2.05) is 29.5 Å². The second-order valence-corrected chi connectivity index (χ2v) is 35.1. The lowest BCUT2D eigenvalue weighted by molar-refractivity contribution is -0.126. The fourth-order valence-corrected chi connectivity index (χ4v) is 12.2. The molecule has 50 heteroatoms. The van der Waals surface area contributed by atoms with Gasteiger partial charge in [0.05, 0.1) is 42.5 Å². The number of nitrogens with zero attached hydrogens (tertiary/aromatic N) is 7. The molecule has 590 valence electrons. The van der Waals surface area contributed by atoms with E-state index in [1.54, 1.807) is 13.1 Å². The summed E-state index contributed by atoms with van der Waals surface area (Å²) in [6.07, 6.45) is -15.3. The van der Waals surface area contributed by atoms with Crippen LogP contribution in [0.25, 0.3) is 0 Å². The molecule has 0 radical (unpaired) electrons. The van der Waals surface area contributed by atoms with Gasteiger partial charge in [0.25, 0.3) is 5.91 Å². The molecule has 2 aromatic heterocycles. The van der Waals surface area contributed by atoms with Crippen molar-refractivity contribution in [1.82, 2.24) is 29.3 Å². The van der Waals surface area contributed by atoms with Crippen LogP contribution in [0.1, 0.15) is 86.9 Å². The van der Waals surface area contributed by atoms with Crippen molar-refractivity contribution in [2.75, 3.05) is 37.9 Å². The highest BCUT2D eigenvalue weighted by Crippen LogP contribution is 2.43. The summed E-state index contributed by atoms with van der Waals surface area (Å²) in [5, 5.41) is 82.9. The van der Waals surface area contributed by atoms with Crippen LogP contribution in [0.2, 0.25) is 18.1 Å². The predicted molar refractivity (Wildman–Crippen MR) is 371 cm³/mol. The van der Waals surface area contributed by atoms with Crippen molar-refractivity contribution in [2.24, 2.45) is 21.6 Å². The Morgan fingerprint density at radius 2 is 1.03 bits per heavy atom. The Bertz CT molecular complexity index is 3730. The Morgan fingerprint density at radius 3 is 1.44 bits per heavy atom. The summed E-state index contributed by atoms with van der Waals surface area (Å²) in [6, 6.07) is 0. The fraction of sp³-hybridized carbons (Fsp3) is 0.660. The zero-order valence-corrected chi connectivity index (χ0v) is 60.9. The number of nitrogens with two attached hydrogens (primary N) is 3. The van der Waals surface area contributed by atoms with E-state index in [9.17, 15) is 78.3 Å². The molecule has 17 atom stereocenters. The molecule has 6 aliphatic heterocycles. The number of hydrogen-bond donors (Lipinski definition) is 20. The van der Waals surface area contributed by atoms with E-state index >= 15 is 0 Å². The Hall–Kier alpha value is -4.47. The molecule has 44 nitrogen and oxygen atoms in total. The Kier molecular flexibility index (Phi) is 35.0. The number of dihydropyridines is 1. The molecule has 0 aliphatic carbocycles. The van der Waals surface area contributed by atoms with Crippen molar-refractivity contribution in [1.29, 1.82) is 0 Å². The molecule has 8 rings (SSSR count). The van der Waals surface area contributed by atoms with Gasteiger partial charge in [-0.3, -0.25) is 36.8 Å². The van der Waals surface area contributed by atoms with E-state index in [4.69, 9.17) is 79.7 Å². The number of aliphatic imine (C=N–C) groups is 2. The number of anilines is 2. The number of aryl methyl sites for hydroxylation is 1. The number of aliphatic hydroxyl groups is 8. The number of ether oxygens (including phenoxy) is 4. The lowest BCUT2D eigenvalue weighted by Crippen LogP contribution is -2.43. The number of nitrogens with one attached hydrogen (secondary N) is 1. The first-order valence-corrected chi connectivity index (χ1v) is 39.4. The van der Waals surface area contributed by atoms with E-state index in [0.29, 0.717) is 32.5 Å². The first kappa shape index (κ1) is 94.6. The van der Waals surface area contributed by atoms with Crippen molar-refractivity contribution in [3.05, 3.63) is 78.3 Å². The monoisotopic (exact) mass is 1690 g/mol. The highest BCUT2D eigenvalue weighted by Gasteiger charge is 2.51. The summed E-state index contributed by atoms with van der Waals surface area (Å²) in [7, 11) is -21.2. The second-order valence-electron chi connectivity index (χ2n) is 24.1. The lowest BCUT2D eigenvalue weighted by Gasteiger charge is -2.36. The number of aromatic nitrogens is 4. The molecular weight excluding hydrogens is 1600 g/mol. The maximum Gasteiger partial charge on any atom is 0.469 e. The molecule has 6 aliphatic rings. The summed E-state index contributed by atoms with van der Waals surface area (Å²) >= 11 is 1.86. The van der Waals surface area contributed by atoms with Gasteiger partial charge in [-0.2, -0.15) is 15.0 Å². The van der Waals surface area contributed by atoms with Gasteiger partial charge in [0.1, 0.15) is 108 Å². The van der Waals surface area contributed by atoms with Crippen molar-refractivity contribution < 1.29 is 149 Å². The van der Waals surface area contributed by atoms with E-state index in [0.717, 1.165) is 9.13 Å². The summed E-state index contributed by atoms with van der Waals surface area (Å²) in [4.78, 5) is 133. The first-order valence-electron chi connectivity index (χ1n) is 29.3. The van der Waals surface area contributed by atoms with Crippen molar-refractivity contribution in [2.45, 2.75) is 193 Å². The third kappa shape index (κ3) is 26.1. The molecule has 0 spiro atoms. The van der Waals surface area contributed by atoms with Gasteiger partial charge in [-0.25, -0.2) is 32.8 Å². The molecule has 0 bridgehead atoms. The minimum atomic E-state index is -4.80. The van der Waals surface area contributed by atoms with Gasteiger partial charge in [-0.05, 0) is 54.1 Å². The van der Waals surface area contributed by atoms with Crippen LogP contribution in [-0.4, -0.2) is 248 Å². The van der Waals surface area contributed by atoms with Crippen molar-refractivity contribution in [3.63, 3.8) is 0 Å². The largest absolute Gasteiger partial charge is 0.469 e. The molecular formula is C53H94IN11O33P4Si.